The number of nitrogens with zero attached hydrogens (tertiary/aromatic N) is 3. The van der Waals surface area contributed by atoms with Crippen LogP contribution in [0.4, 0.5) is 5.69 Å². The van der Waals surface area contributed by atoms with Crippen LogP contribution in [0.3, 0.4) is 0 Å². The van der Waals surface area contributed by atoms with Gasteiger partial charge in [0, 0.05) is 25.7 Å². The lowest BCUT2D eigenvalue weighted by molar-refractivity contribution is -0.385. The Morgan fingerprint density at radius 1 is 1.42 bits per heavy atom. The van der Waals surface area contributed by atoms with E-state index in [9.17, 15) is 14.9 Å². The summed E-state index contributed by atoms with van der Waals surface area (Å²) in [5, 5.41) is 13.6. The number of carbonyl (C=O) groups excluding carboxylic acids is 1. The van der Waals surface area contributed by atoms with Crippen molar-refractivity contribution in [1.82, 2.24) is 15.2 Å². The van der Waals surface area contributed by atoms with E-state index in [-0.39, 0.29) is 17.2 Å². The summed E-state index contributed by atoms with van der Waals surface area (Å²) in [7, 11) is 0. The fourth-order valence-electron chi connectivity index (χ4n) is 3.43. The molecule has 0 aromatic carbocycles. The van der Waals surface area contributed by atoms with E-state index < -0.39 is 4.92 Å². The lowest BCUT2D eigenvalue weighted by atomic mass is 9.92. The van der Waals surface area contributed by atoms with Crippen molar-refractivity contribution in [1.29, 1.82) is 0 Å². The predicted octanol–water partition coefficient (Wildman–Crippen LogP) is 2.40. The highest BCUT2D eigenvalue weighted by atomic mass is 16.6. The Morgan fingerprint density at radius 2 is 2.08 bits per heavy atom. The van der Waals surface area contributed by atoms with Crippen molar-refractivity contribution in [3.8, 4) is 0 Å². The third kappa shape index (κ3) is 4.99. The van der Waals surface area contributed by atoms with Crippen LogP contribution in [0.5, 0.6) is 0 Å². The summed E-state index contributed by atoms with van der Waals surface area (Å²) in [6, 6.07) is 1.28. The number of likely N-dealkylation sites (tertiary alicyclic amines) is 1. The Balaban J connectivity index is 1.81. The van der Waals surface area contributed by atoms with Gasteiger partial charge >= 0.3 is 0 Å². The maximum Gasteiger partial charge on any atom is 0.288 e. The molecule has 2 heterocycles. The number of carbonyl (C=O) groups is 1. The summed E-state index contributed by atoms with van der Waals surface area (Å²) in [4.78, 5) is 28.9. The van der Waals surface area contributed by atoms with E-state index in [0.29, 0.717) is 12.2 Å². The van der Waals surface area contributed by atoms with Gasteiger partial charge in [0.05, 0.1) is 16.2 Å². The first kappa shape index (κ1) is 18.3. The number of aryl methyl sites for hydroxylation is 1. The summed E-state index contributed by atoms with van der Waals surface area (Å²) in [5.41, 5.74) is 0.600. The maximum atomic E-state index is 12.2. The third-order valence-corrected chi connectivity index (χ3v) is 4.41. The van der Waals surface area contributed by atoms with Gasteiger partial charge < -0.3 is 10.2 Å². The minimum absolute atomic E-state index is 0.165. The monoisotopic (exact) mass is 334 g/mol. The molecule has 1 N–H and O–H groups in total. The molecule has 1 amide bonds. The zero-order valence-electron chi connectivity index (χ0n) is 14.6. The van der Waals surface area contributed by atoms with Crippen LogP contribution in [0.25, 0.3) is 0 Å². The summed E-state index contributed by atoms with van der Waals surface area (Å²) >= 11 is 0. The summed E-state index contributed by atoms with van der Waals surface area (Å²) in [6.07, 6.45) is 3.32. The molecule has 0 aliphatic carbocycles. The molecule has 7 heteroatoms. The van der Waals surface area contributed by atoms with Crippen LogP contribution in [-0.4, -0.2) is 46.9 Å². The normalized spacial score (nSPS) is 21.5. The molecule has 1 aromatic heterocycles. The van der Waals surface area contributed by atoms with Gasteiger partial charge in [-0.15, -0.1) is 0 Å². The first-order valence-corrected chi connectivity index (χ1v) is 8.48. The summed E-state index contributed by atoms with van der Waals surface area (Å²) in [6.45, 7) is 9.99. The van der Waals surface area contributed by atoms with Gasteiger partial charge in [0.2, 0.25) is 0 Å². The van der Waals surface area contributed by atoms with Crippen molar-refractivity contribution in [3.63, 3.8) is 0 Å². The van der Waals surface area contributed by atoms with Gasteiger partial charge in [-0.05, 0) is 38.1 Å². The fourth-order valence-corrected chi connectivity index (χ4v) is 3.43. The fraction of sp³-hybridized carbons (Fsp3) is 0.647. The molecule has 132 valence electrons. The SMILES string of the molecule is Cc1ncc([N+](=O)[O-])cc1C(=O)NCCCN1C[C@H](C)C[C@H](C)C1. The van der Waals surface area contributed by atoms with Gasteiger partial charge in [-0.3, -0.25) is 19.9 Å². The number of amides is 1. The van der Waals surface area contributed by atoms with Crippen molar-refractivity contribution in [3.05, 3.63) is 33.6 Å². The van der Waals surface area contributed by atoms with Crippen molar-refractivity contribution >= 4 is 11.6 Å². The van der Waals surface area contributed by atoms with Crippen molar-refractivity contribution in [2.24, 2.45) is 11.8 Å². The van der Waals surface area contributed by atoms with E-state index in [1.165, 1.54) is 18.7 Å². The zero-order valence-corrected chi connectivity index (χ0v) is 14.6. The molecular formula is C17H26N4O3. The van der Waals surface area contributed by atoms with Gasteiger partial charge in [0.25, 0.3) is 11.6 Å². The second kappa shape index (κ2) is 8.19. The van der Waals surface area contributed by atoms with Crippen molar-refractivity contribution in [2.45, 2.75) is 33.6 Å². The van der Waals surface area contributed by atoms with E-state index in [0.717, 1.165) is 37.9 Å². The first-order valence-electron chi connectivity index (χ1n) is 8.48. The van der Waals surface area contributed by atoms with Gasteiger partial charge in [-0.1, -0.05) is 13.8 Å². The van der Waals surface area contributed by atoms with E-state index in [4.69, 9.17) is 0 Å². The first-order chi connectivity index (χ1) is 11.4. The van der Waals surface area contributed by atoms with E-state index >= 15 is 0 Å². The highest BCUT2D eigenvalue weighted by Crippen LogP contribution is 2.20. The van der Waals surface area contributed by atoms with Crippen LogP contribution in [0, 0.1) is 28.9 Å². The highest BCUT2D eigenvalue weighted by Gasteiger charge is 2.21. The largest absolute Gasteiger partial charge is 0.352 e. The molecule has 1 aliphatic heterocycles. The van der Waals surface area contributed by atoms with E-state index in [1.54, 1.807) is 6.92 Å². The molecule has 0 unspecified atom stereocenters. The molecule has 2 rings (SSSR count). The van der Waals surface area contributed by atoms with E-state index in [2.05, 4.69) is 29.0 Å². The standard InChI is InChI=1S/C17H26N4O3/c1-12-7-13(2)11-20(10-12)6-4-5-18-17(22)16-8-15(21(23)24)9-19-14(16)3/h8-9,12-13H,4-7,10-11H2,1-3H3,(H,18,22)/t12-,13+. The molecule has 0 spiro atoms. The average Bonchev–Trinajstić information content (AvgIpc) is 2.50. The Kier molecular flexibility index (Phi) is 6.25. The molecule has 2 atom stereocenters. The van der Waals surface area contributed by atoms with Gasteiger partial charge in [0.1, 0.15) is 6.20 Å². The number of nitro groups is 1. The van der Waals surface area contributed by atoms with Crippen LogP contribution < -0.4 is 5.32 Å². The highest BCUT2D eigenvalue weighted by molar-refractivity contribution is 5.95. The number of hydrogen-bond acceptors (Lipinski definition) is 5. The Labute approximate surface area is 142 Å². The summed E-state index contributed by atoms with van der Waals surface area (Å²) < 4.78 is 0. The van der Waals surface area contributed by atoms with Crippen LogP contribution >= 0.6 is 0 Å². The smallest absolute Gasteiger partial charge is 0.288 e. The number of piperidine rings is 1. The molecule has 24 heavy (non-hydrogen) atoms. The molecule has 0 saturated carbocycles. The van der Waals surface area contributed by atoms with Crippen LogP contribution in [0.2, 0.25) is 0 Å². The Hall–Kier alpha value is -2.02. The quantitative estimate of drug-likeness (QED) is 0.490. The maximum absolute atomic E-state index is 12.2. The van der Waals surface area contributed by atoms with Crippen LogP contribution in [-0.2, 0) is 0 Å². The van der Waals surface area contributed by atoms with Gasteiger partial charge in [-0.2, -0.15) is 0 Å². The molecule has 1 fully saturated rings. The molecule has 7 nitrogen and oxygen atoms in total. The Bertz CT molecular complexity index is 595. The Morgan fingerprint density at radius 3 is 2.71 bits per heavy atom. The number of nitrogens with one attached hydrogen (secondary N) is 1. The van der Waals surface area contributed by atoms with E-state index in [1.807, 2.05) is 0 Å². The topological polar surface area (TPSA) is 88.4 Å². The predicted molar refractivity (Wildman–Crippen MR) is 92.0 cm³/mol. The second-order valence-corrected chi connectivity index (χ2v) is 6.90. The minimum atomic E-state index is -0.540. The molecule has 1 aromatic rings. The molecule has 0 bridgehead atoms. The third-order valence-electron chi connectivity index (χ3n) is 4.41. The average molecular weight is 334 g/mol. The molecule has 0 radical (unpaired) electrons. The number of aromatic nitrogens is 1. The number of pyridine rings is 1. The van der Waals surface area contributed by atoms with Crippen LogP contribution in [0.15, 0.2) is 12.3 Å². The lowest BCUT2D eigenvalue weighted by Crippen LogP contribution is -2.40. The molecule has 1 saturated heterocycles. The van der Waals surface area contributed by atoms with Gasteiger partial charge in [-0.25, -0.2) is 0 Å². The number of rotatable bonds is 6. The van der Waals surface area contributed by atoms with Crippen molar-refractivity contribution in [2.75, 3.05) is 26.2 Å². The summed E-state index contributed by atoms with van der Waals surface area (Å²) in [5.74, 6) is 1.15. The zero-order chi connectivity index (χ0) is 17.7. The molecular weight excluding hydrogens is 308 g/mol. The van der Waals surface area contributed by atoms with Gasteiger partial charge in [0.15, 0.2) is 0 Å². The molecule has 1 aliphatic rings. The number of hydrogen-bond donors (Lipinski definition) is 1. The lowest BCUT2D eigenvalue weighted by Gasteiger charge is -2.34. The van der Waals surface area contributed by atoms with Crippen LogP contribution in [0.1, 0.15) is 42.7 Å². The second-order valence-electron chi connectivity index (χ2n) is 6.90. The minimum Gasteiger partial charge on any atom is -0.352 e. The van der Waals surface area contributed by atoms with Crippen molar-refractivity contribution < 1.29 is 9.72 Å².